The van der Waals surface area contributed by atoms with Crippen molar-refractivity contribution in [2.75, 3.05) is 14.2 Å². The number of benzene rings is 1. The molecule has 0 radical (unpaired) electrons. The van der Waals surface area contributed by atoms with E-state index in [4.69, 9.17) is 20.9 Å². The van der Waals surface area contributed by atoms with Gasteiger partial charge in [0.05, 0.1) is 19.9 Å². The van der Waals surface area contributed by atoms with Crippen molar-refractivity contribution in [2.45, 2.75) is 6.92 Å². The van der Waals surface area contributed by atoms with Crippen molar-refractivity contribution in [3.63, 3.8) is 0 Å². The van der Waals surface area contributed by atoms with Crippen molar-refractivity contribution in [1.29, 1.82) is 0 Å². The summed E-state index contributed by atoms with van der Waals surface area (Å²) in [5, 5.41) is 6.51. The smallest absolute Gasteiger partial charge is 0.362 e. The molecule has 0 heterocycles. The molecule has 0 bridgehead atoms. The maximum atomic E-state index is 5.26. The second-order valence-corrected chi connectivity index (χ2v) is 3.33. The van der Waals surface area contributed by atoms with Crippen LogP contribution in [0, 0.1) is 0 Å². The first kappa shape index (κ1) is 12.8. The monoisotopic (exact) mass is 237 g/mol. The standard InChI is InChI=1S/C11H16N4O2/c1-7(14-15-11(12)13)9-5-4-8(16-2)6-10(9)17-3/h4-6H,1-3H3,(H4,12,13,15)/p+1/b14-7-. The Kier molecular flexibility index (Phi) is 4.33. The Balaban J connectivity index is 3.13. The van der Waals surface area contributed by atoms with Crippen LogP contribution in [0.4, 0.5) is 0 Å². The average molecular weight is 237 g/mol. The quantitative estimate of drug-likeness (QED) is 0.347. The first-order valence-electron chi connectivity index (χ1n) is 4.99. The maximum absolute atomic E-state index is 5.26. The molecular weight excluding hydrogens is 220 g/mol. The second kappa shape index (κ2) is 5.74. The third-order valence-corrected chi connectivity index (χ3v) is 2.15. The first-order chi connectivity index (χ1) is 8.08. The Morgan fingerprint density at radius 3 is 2.47 bits per heavy atom. The van der Waals surface area contributed by atoms with E-state index < -0.39 is 0 Å². The van der Waals surface area contributed by atoms with Gasteiger partial charge in [-0.05, 0) is 19.1 Å². The summed E-state index contributed by atoms with van der Waals surface area (Å²) in [6, 6.07) is 5.46. The zero-order valence-electron chi connectivity index (χ0n) is 10.2. The van der Waals surface area contributed by atoms with E-state index in [1.807, 2.05) is 19.1 Å². The Morgan fingerprint density at radius 1 is 1.24 bits per heavy atom. The normalized spacial score (nSPS) is 10.9. The highest BCUT2D eigenvalue weighted by atomic mass is 16.5. The number of ether oxygens (including phenoxy) is 2. The lowest BCUT2D eigenvalue weighted by Gasteiger charge is -2.08. The summed E-state index contributed by atoms with van der Waals surface area (Å²) < 4.78 is 10.4. The molecule has 92 valence electrons. The van der Waals surface area contributed by atoms with Crippen LogP contribution in [0.5, 0.6) is 11.5 Å². The minimum absolute atomic E-state index is 0.0387. The number of nitrogens with two attached hydrogens (primary N) is 2. The topological polar surface area (TPSA) is 96.8 Å². The van der Waals surface area contributed by atoms with E-state index >= 15 is 0 Å². The average Bonchev–Trinajstić information content (AvgIpc) is 2.34. The molecule has 1 aromatic rings. The molecule has 0 atom stereocenters. The molecule has 0 amide bonds. The fourth-order valence-electron chi connectivity index (χ4n) is 1.31. The zero-order valence-corrected chi connectivity index (χ0v) is 10.2. The molecule has 1 rings (SSSR count). The van der Waals surface area contributed by atoms with Crippen LogP contribution in [0.3, 0.4) is 0 Å². The van der Waals surface area contributed by atoms with E-state index in [1.165, 1.54) is 0 Å². The molecule has 0 saturated heterocycles. The molecule has 1 aromatic carbocycles. The molecule has 5 N–H and O–H groups in total. The minimum Gasteiger partial charge on any atom is -0.497 e. The predicted octanol–water partition coefficient (Wildman–Crippen LogP) is -1.22. The van der Waals surface area contributed by atoms with E-state index in [9.17, 15) is 0 Å². The maximum Gasteiger partial charge on any atom is 0.362 e. The van der Waals surface area contributed by atoms with Gasteiger partial charge in [-0.2, -0.15) is 5.10 Å². The SMILES string of the molecule is COc1ccc(/C(C)=N\[NH+]=C(N)N)c(OC)c1. The number of hydrogen-bond donors (Lipinski definition) is 3. The third kappa shape index (κ3) is 3.37. The molecule has 0 unspecified atom stereocenters. The number of guanidine groups is 1. The molecule has 0 aliphatic carbocycles. The van der Waals surface area contributed by atoms with Crippen LogP contribution < -0.4 is 26.0 Å². The number of methoxy groups -OCH3 is 2. The van der Waals surface area contributed by atoms with E-state index in [-0.39, 0.29) is 5.96 Å². The van der Waals surface area contributed by atoms with Gasteiger partial charge in [0.2, 0.25) is 0 Å². The Bertz CT molecular complexity index is 451. The molecule has 6 heteroatoms. The van der Waals surface area contributed by atoms with Crippen LogP contribution in [0.15, 0.2) is 23.3 Å². The van der Waals surface area contributed by atoms with Crippen LogP contribution in [0.25, 0.3) is 0 Å². The number of hydrogen-bond acceptors (Lipinski definition) is 3. The van der Waals surface area contributed by atoms with Gasteiger partial charge in [0, 0.05) is 11.6 Å². The molecule has 0 fully saturated rings. The summed E-state index contributed by atoms with van der Waals surface area (Å²) in [6.07, 6.45) is 0. The number of nitrogens with one attached hydrogen (secondary N) is 1. The molecule has 0 saturated carbocycles. The summed E-state index contributed by atoms with van der Waals surface area (Å²) in [4.78, 5) is 0. The number of hydrazone groups is 1. The highest BCUT2D eigenvalue weighted by molar-refractivity contribution is 6.00. The Hall–Kier alpha value is -2.24. The van der Waals surface area contributed by atoms with Crippen molar-refractivity contribution < 1.29 is 14.6 Å². The number of rotatable bonds is 4. The second-order valence-electron chi connectivity index (χ2n) is 3.33. The van der Waals surface area contributed by atoms with Crippen molar-refractivity contribution in [3.8, 4) is 11.5 Å². The van der Waals surface area contributed by atoms with Crippen LogP contribution >= 0.6 is 0 Å². The van der Waals surface area contributed by atoms with Gasteiger partial charge >= 0.3 is 5.96 Å². The van der Waals surface area contributed by atoms with Gasteiger partial charge in [0.15, 0.2) is 0 Å². The molecule has 0 aromatic heterocycles. The zero-order chi connectivity index (χ0) is 12.8. The van der Waals surface area contributed by atoms with Gasteiger partial charge in [-0.1, -0.05) is 0 Å². The predicted molar refractivity (Wildman–Crippen MR) is 66.1 cm³/mol. The Labute approximate surface area is 99.9 Å². The molecular formula is C11H17N4O2+. The van der Waals surface area contributed by atoms with Crippen LogP contribution in [-0.2, 0) is 0 Å². The van der Waals surface area contributed by atoms with E-state index in [1.54, 1.807) is 20.3 Å². The largest absolute Gasteiger partial charge is 0.497 e. The lowest BCUT2D eigenvalue weighted by molar-refractivity contribution is -0.464. The van der Waals surface area contributed by atoms with Crippen molar-refractivity contribution in [1.82, 2.24) is 0 Å². The fraction of sp³-hybridized carbons (Fsp3) is 0.273. The van der Waals surface area contributed by atoms with Crippen molar-refractivity contribution in [2.24, 2.45) is 16.6 Å². The molecule has 0 aliphatic rings. The van der Waals surface area contributed by atoms with Gasteiger partial charge in [-0.3, -0.25) is 11.5 Å². The lowest BCUT2D eigenvalue weighted by Crippen LogP contribution is -2.72. The highest BCUT2D eigenvalue weighted by Crippen LogP contribution is 2.24. The van der Waals surface area contributed by atoms with Gasteiger partial charge in [0.1, 0.15) is 11.5 Å². The van der Waals surface area contributed by atoms with Gasteiger partial charge in [-0.25, -0.2) is 0 Å². The van der Waals surface area contributed by atoms with Gasteiger partial charge < -0.3 is 9.47 Å². The van der Waals surface area contributed by atoms with E-state index in [2.05, 4.69) is 10.2 Å². The molecule has 6 nitrogen and oxygen atoms in total. The van der Waals surface area contributed by atoms with Crippen molar-refractivity contribution in [3.05, 3.63) is 23.8 Å². The highest BCUT2D eigenvalue weighted by Gasteiger charge is 2.08. The molecule has 0 aliphatic heterocycles. The minimum atomic E-state index is 0.0387. The summed E-state index contributed by atoms with van der Waals surface area (Å²) in [5.74, 6) is 1.43. The summed E-state index contributed by atoms with van der Waals surface area (Å²) in [6.45, 7) is 1.82. The first-order valence-corrected chi connectivity index (χ1v) is 4.99. The van der Waals surface area contributed by atoms with Crippen molar-refractivity contribution >= 4 is 11.7 Å². The van der Waals surface area contributed by atoms with Gasteiger partial charge in [0.25, 0.3) is 0 Å². The van der Waals surface area contributed by atoms with Crippen LogP contribution in [0.2, 0.25) is 0 Å². The number of nitrogens with zero attached hydrogens (tertiary/aromatic N) is 1. The lowest BCUT2D eigenvalue weighted by atomic mass is 10.1. The summed E-state index contributed by atoms with van der Waals surface area (Å²) in [7, 11) is 3.18. The third-order valence-electron chi connectivity index (χ3n) is 2.15. The summed E-state index contributed by atoms with van der Waals surface area (Å²) >= 11 is 0. The Morgan fingerprint density at radius 2 is 1.94 bits per heavy atom. The van der Waals surface area contributed by atoms with E-state index in [0.717, 1.165) is 11.3 Å². The van der Waals surface area contributed by atoms with E-state index in [0.29, 0.717) is 11.5 Å². The molecule has 0 spiro atoms. The van der Waals surface area contributed by atoms with Gasteiger partial charge in [-0.15, -0.1) is 5.10 Å². The molecule has 17 heavy (non-hydrogen) atoms. The van der Waals surface area contributed by atoms with Crippen LogP contribution in [-0.4, -0.2) is 25.9 Å². The fourth-order valence-corrected chi connectivity index (χ4v) is 1.31. The van der Waals surface area contributed by atoms with Crippen LogP contribution in [0.1, 0.15) is 12.5 Å². The summed E-state index contributed by atoms with van der Waals surface area (Å²) in [5.41, 5.74) is 12.1.